The van der Waals surface area contributed by atoms with E-state index in [1.54, 1.807) is 11.8 Å². The van der Waals surface area contributed by atoms with E-state index in [1.165, 1.54) is 11.8 Å². The van der Waals surface area contributed by atoms with Gasteiger partial charge in [-0.3, -0.25) is 4.79 Å². The molecule has 5 aromatic carbocycles. The number of thioether (sulfide) groups is 2. The van der Waals surface area contributed by atoms with Crippen LogP contribution in [0.2, 0.25) is 10.0 Å². The summed E-state index contributed by atoms with van der Waals surface area (Å²) in [6, 6.07) is 41.9. The topological polar surface area (TPSA) is 32.7 Å². The van der Waals surface area contributed by atoms with Gasteiger partial charge in [0, 0.05) is 25.6 Å². The van der Waals surface area contributed by atoms with Gasteiger partial charge in [-0.1, -0.05) is 142 Å². The number of hydrazone groups is 1. The van der Waals surface area contributed by atoms with Crippen LogP contribution in [-0.4, -0.2) is 10.8 Å². The average molecular weight is 688 g/mol. The van der Waals surface area contributed by atoms with Crippen molar-refractivity contribution in [1.29, 1.82) is 0 Å². The smallest absolute Gasteiger partial charge is 0.219 e. The van der Waals surface area contributed by atoms with Gasteiger partial charge in [-0.15, -0.1) is 0 Å². The lowest BCUT2D eigenvalue weighted by molar-refractivity contribution is 0.106. The fraction of sp³-hybridized carbons (Fsp3) is 0.0588. The molecule has 2 heterocycles. The highest BCUT2D eigenvalue weighted by atomic mass is 79.9. The lowest BCUT2D eigenvalue weighted by Crippen LogP contribution is -2.34. The molecule has 42 heavy (non-hydrogen) atoms. The summed E-state index contributed by atoms with van der Waals surface area (Å²) in [6.07, 6.45) is 0. The number of carbonyl (C=O) groups is 1. The number of nitrogens with zero attached hydrogens (tertiary/aromatic N) is 2. The zero-order chi connectivity index (χ0) is 28.9. The van der Waals surface area contributed by atoms with Crippen LogP contribution in [-0.2, 0) is 8.95 Å². The van der Waals surface area contributed by atoms with Crippen molar-refractivity contribution < 1.29 is 4.79 Å². The maximum atomic E-state index is 13.9. The molecule has 0 aromatic heterocycles. The molecule has 0 N–H and O–H groups in total. The van der Waals surface area contributed by atoms with Gasteiger partial charge in [0.05, 0.1) is 10.4 Å². The van der Waals surface area contributed by atoms with Crippen molar-refractivity contribution in [3.63, 3.8) is 0 Å². The fourth-order valence-electron chi connectivity index (χ4n) is 5.55. The first-order chi connectivity index (χ1) is 20.4. The Bertz CT molecular complexity index is 1790. The third-order valence-corrected chi connectivity index (χ3v) is 11.8. The Labute approximate surface area is 271 Å². The van der Waals surface area contributed by atoms with Gasteiger partial charge in [0.2, 0.25) is 5.78 Å². The summed E-state index contributed by atoms with van der Waals surface area (Å²) < 4.78 is -0.468. The van der Waals surface area contributed by atoms with Crippen molar-refractivity contribution in [2.24, 2.45) is 5.10 Å². The standard InChI is InChI=1S/C34H21BrCl2N2OS2/c35-25-14-20-28(21-15-25)39-34(41-32(38-39)31(40)22-6-2-1-3-7-22)30-9-5-4-8-29(30)33(42-34,23-10-16-26(36)17-11-23)24-12-18-27(37)19-13-24/h1-21H/t34-/m0/s1. The Hall–Kier alpha value is -3.00. The van der Waals surface area contributed by atoms with Crippen LogP contribution >= 0.6 is 62.7 Å². The molecule has 5 aromatic rings. The van der Waals surface area contributed by atoms with Gasteiger partial charge in [0.25, 0.3) is 0 Å². The van der Waals surface area contributed by atoms with Crippen molar-refractivity contribution in [2.45, 2.75) is 8.95 Å². The van der Waals surface area contributed by atoms with Crippen LogP contribution in [0.25, 0.3) is 0 Å². The highest BCUT2D eigenvalue weighted by Gasteiger charge is 2.61. The van der Waals surface area contributed by atoms with E-state index in [4.69, 9.17) is 28.3 Å². The number of hydrogen-bond acceptors (Lipinski definition) is 5. The Balaban J connectivity index is 1.48. The summed E-state index contributed by atoms with van der Waals surface area (Å²) >= 11 is 19.6. The number of ketones is 1. The zero-order valence-corrected chi connectivity index (χ0v) is 26.6. The number of Topliss-reactive ketones (excluding diaryl/α,β-unsaturated/α-hetero) is 1. The molecule has 0 saturated carbocycles. The molecule has 2 aliphatic rings. The first-order valence-corrected chi connectivity index (χ1v) is 16.3. The molecule has 7 rings (SSSR count). The van der Waals surface area contributed by atoms with Crippen LogP contribution < -0.4 is 5.01 Å². The summed E-state index contributed by atoms with van der Waals surface area (Å²) in [5, 5.41) is 8.85. The fourth-order valence-corrected chi connectivity index (χ4v) is 9.69. The van der Waals surface area contributed by atoms with Crippen molar-refractivity contribution in [3.05, 3.63) is 170 Å². The van der Waals surface area contributed by atoms with E-state index in [0.717, 1.165) is 32.4 Å². The lowest BCUT2D eigenvalue weighted by Gasteiger charge is -2.37. The maximum absolute atomic E-state index is 13.9. The monoisotopic (exact) mass is 686 g/mol. The number of hydrogen-bond donors (Lipinski definition) is 0. The third kappa shape index (κ3) is 4.52. The predicted octanol–water partition coefficient (Wildman–Crippen LogP) is 10.4. The Morgan fingerprint density at radius 2 is 1.24 bits per heavy atom. The van der Waals surface area contributed by atoms with Crippen LogP contribution in [0, 0.1) is 0 Å². The third-order valence-electron chi connectivity index (χ3n) is 7.45. The molecule has 0 bridgehead atoms. The van der Waals surface area contributed by atoms with E-state index in [0.29, 0.717) is 20.7 Å². The van der Waals surface area contributed by atoms with E-state index in [9.17, 15) is 4.79 Å². The number of anilines is 1. The minimum atomic E-state index is -0.788. The van der Waals surface area contributed by atoms with Crippen molar-refractivity contribution >= 4 is 79.2 Å². The SMILES string of the molecule is O=C(C1=NN(c2ccc(Br)cc2)[C@@]2(S1)SC(c1ccc(Cl)cc1)(c1ccc(Cl)cc1)c1ccccc12)c1ccccc1. The van der Waals surface area contributed by atoms with E-state index >= 15 is 0 Å². The predicted molar refractivity (Wildman–Crippen MR) is 181 cm³/mol. The van der Waals surface area contributed by atoms with E-state index in [1.807, 2.05) is 83.9 Å². The van der Waals surface area contributed by atoms with Crippen LogP contribution in [0.1, 0.15) is 32.6 Å². The molecule has 8 heteroatoms. The van der Waals surface area contributed by atoms with Crippen molar-refractivity contribution in [3.8, 4) is 0 Å². The average Bonchev–Trinajstić information content (AvgIpc) is 3.55. The Morgan fingerprint density at radius 3 is 1.83 bits per heavy atom. The highest BCUT2D eigenvalue weighted by molar-refractivity contribution is 9.10. The van der Waals surface area contributed by atoms with Crippen LogP contribution in [0.15, 0.2) is 137 Å². The number of carbonyl (C=O) groups excluding carboxylic acids is 1. The quantitative estimate of drug-likeness (QED) is 0.172. The molecular formula is C34H21BrCl2N2OS2. The van der Waals surface area contributed by atoms with Gasteiger partial charge < -0.3 is 0 Å². The molecule has 1 spiro atoms. The summed E-state index contributed by atoms with van der Waals surface area (Å²) in [5.74, 6) is -0.104. The summed E-state index contributed by atoms with van der Waals surface area (Å²) in [4.78, 5) is 13.9. The molecule has 206 valence electrons. The van der Waals surface area contributed by atoms with E-state index < -0.39 is 8.95 Å². The normalized spacial score (nSPS) is 18.6. The Morgan fingerprint density at radius 1 is 0.690 bits per heavy atom. The summed E-state index contributed by atoms with van der Waals surface area (Å²) in [6.45, 7) is 0. The molecule has 0 saturated heterocycles. The molecule has 0 unspecified atom stereocenters. The molecule has 3 nitrogen and oxygen atoms in total. The van der Waals surface area contributed by atoms with Gasteiger partial charge in [-0.25, -0.2) is 5.01 Å². The van der Waals surface area contributed by atoms with Crippen LogP contribution in [0.4, 0.5) is 5.69 Å². The second-order valence-electron chi connectivity index (χ2n) is 9.92. The van der Waals surface area contributed by atoms with Crippen molar-refractivity contribution in [2.75, 3.05) is 5.01 Å². The molecule has 2 aliphatic heterocycles. The summed E-state index contributed by atoms with van der Waals surface area (Å²) in [5.41, 5.74) is 5.83. The molecule has 0 amide bonds. The molecule has 0 aliphatic carbocycles. The number of rotatable bonds is 5. The van der Waals surface area contributed by atoms with E-state index in [-0.39, 0.29) is 5.78 Å². The number of benzene rings is 5. The van der Waals surface area contributed by atoms with Crippen LogP contribution in [0.5, 0.6) is 0 Å². The molecular weight excluding hydrogens is 667 g/mol. The second-order valence-corrected chi connectivity index (χ2v) is 14.6. The Kier molecular flexibility index (Phi) is 7.24. The van der Waals surface area contributed by atoms with Gasteiger partial charge in [-0.2, -0.15) is 5.10 Å². The lowest BCUT2D eigenvalue weighted by atomic mass is 9.82. The zero-order valence-electron chi connectivity index (χ0n) is 21.9. The van der Waals surface area contributed by atoms with Gasteiger partial charge in [-0.05, 0) is 65.2 Å². The minimum Gasteiger partial charge on any atom is -0.286 e. The molecule has 0 fully saturated rings. The van der Waals surface area contributed by atoms with Gasteiger partial charge in [0.1, 0.15) is 0 Å². The first kappa shape index (κ1) is 27.8. The largest absolute Gasteiger partial charge is 0.286 e. The van der Waals surface area contributed by atoms with E-state index in [2.05, 4.69) is 64.5 Å². The molecule has 0 radical (unpaired) electrons. The number of halogens is 3. The minimum absolute atomic E-state index is 0.104. The van der Waals surface area contributed by atoms with Crippen molar-refractivity contribution in [1.82, 2.24) is 0 Å². The highest BCUT2D eigenvalue weighted by Crippen LogP contribution is 2.71. The first-order valence-electron chi connectivity index (χ1n) is 13.2. The van der Waals surface area contributed by atoms with Crippen LogP contribution in [0.3, 0.4) is 0 Å². The van der Waals surface area contributed by atoms with Gasteiger partial charge in [0.15, 0.2) is 9.25 Å². The molecule has 1 atom stereocenters. The maximum Gasteiger partial charge on any atom is 0.219 e. The summed E-state index contributed by atoms with van der Waals surface area (Å²) in [7, 11) is 0. The second kappa shape index (κ2) is 10.9. The van der Waals surface area contributed by atoms with Gasteiger partial charge >= 0.3 is 0 Å². The number of fused-ring (bicyclic) bond motifs is 2.